The summed E-state index contributed by atoms with van der Waals surface area (Å²) in [6.07, 6.45) is 11.6. The predicted octanol–water partition coefficient (Wildman–Crippen LogP) is 7.78. The van der Waals surface area contributed by atoms with Crippen LogP contribution in [0.4, 0.5) is 0 Å². The van der Waals surface area contributed by atoms with Crippen molar-refractivity contribution in [2.75, 3.05) is 0 Å². The van der Waals surface area contributed by atoms with Gasteiger partial charge in [-0.2, -0.15) is 0 Å². The highest BCUT2D eigenvalue weighted by Crippen LogP contribution is 2.25. The Hall–Kier alpha value is -3.32. The maximum atomic E-state index is 5.91. The highest BCUT2D eigenvalue weighted by molar-refractivity contribution is 5.92. The number of allylic oxidation sites excluding steroid dienone is 6. The van der Waals surface area contributed by atoms with Crippen molar-refractivity contribution in [1.29, 1.82) is 0 Å². The summed E-state index contributed by atoms with van der Waals surface area (Å²) in [6.45, 7) is 8.88. The molecule has 3 aromatic carbocycles. The average Bonchev–Trinajstić information content (AvgIpc) is 3.00. The van der Waals surface area contributed by atoms with Crippen molar-refractivity contribution in [3.05, 3.63) is 126 Å². The Kier molecular flexibility index (Phi) is 7.24. The van der Waals surface area contributed by atoms with Gasteiger partial charge in [-0.15, -0.1) is 0 Å². The van der Waals surface area contributed by atoms with Gasteiger partial charge in [0.15, 0.2) is 0 Å². The lowest BCUT2D eigenvalue weighted by atomic mass is 10.0. The molecule has 0 aromatic heterocycles. The average molecular weight is 381 g/mol. The van der Waals surface area contributed by atoms with Crippen molar-refractivity contribution in [3.63, 3.8) is 0 Å². The zero-order valence-corrected chi connectivity index (χ0v) is 17.3. The van der Waals surface area contributed by atoms with Crippen LogP contribution in [0.15, 0.2) is 109 Å². The van der Waals surface area contributed by atoms with E-state index in [2.05, 4.69) is 87.2 Å². The van der Waals surface area contributed by atoms with Gasteiger partial charge in [0.2, 0.25) is 0 Å². The summed E-state index contributed by atoms with van der Waals surface area (Å²) in [5.41, 5.74) is 4.92. The minimum absolute atomic E-state index is 0.550. The van der Waals surface area contributed by atoms with Crippen LogP contribution in [0, 0.1) is 6.92 Å². The van der Waals surface area contributed by atoms with Gasteiger partial charge < -0.3 is 4.74 Å². The maximum Gasteiger partial charge on any atom is 0.120 e. The lowest BCUT2D eigenvalue weighted by molar-refractivity contribution is 0.265. The number of fused-ring (bicyclic) bond motifs is 1. The minimum atomic E-state index is 0.550. The molecule has 0 saturated heterocycles. The number of hydrogen-bond donors (Lipinski definition) is 0. The molecule has 3 aromatic rings. The standard InChI is InChI=1S/C20H18O.C8H10/c1-15-8-3-4-10-18(15)14-21-16(2)19-13-7-11-17-9-5-6-12-20(17)19;1-8-6-4-2-3-5-7-8/h3-13H,2,14H2,1H3;2-6H,7H2,1H3. The molecule has 29 heavy (non-hydrogen) atoms. The lowest BCUT2D eigenvalue weighted by Crippen LogP contribution is -1.95. The molecular weight excluding hydrogens is 352 g/mol. The second-order valence-electron chi connectivity index (χ2n) is 7.20. The zero-order chi connectivity index (χ0) is 20.5. The van der Waals surface area contributed by atoms with Crippen LogP contribution in [0.2, 0.25) is 0 Å². The van der Waals surface area contributed by atoms with Crippen LogP contribution in [0.25, 0.3) is 16.5 Å². The van der Waals surface area contributed by atoms with Crippen molar-refractivity contribution in [2.24, 2.45) is 0 Å². The van der Waals surface area contributed by atoms with Crippen molar-refractivity contribution < 1.29 is 4.74 Å². The number of benzene rings is 3. The van der Waals surface area contributed by atoms with Crippen LogP contribution in [0.5, 0.6) is 0 Å². The topological polar surface area (TPSA) is 9.23 Å². The van der Waals surface area contributed by atoms with Crippen LogP contribution in [0.3, 0.4) is 0 Å². The molecule has 0 spiro atoms. The zero-order valence-electron chi connectivity index (χ0n) is 17.3. The van der Waals surface area contributed by atoms with Gasteiger partial charge in [-0.25, -0.2) is 0 Å². The lowest BCUT2D eigenvalue weighted by Gasteiger charge is -2.13. The molecule has 0 heterocycles. The van der Waals surface area contributed by atoms with Gasteiger partial charge in [-0.05, 0) is 42.2 Å². The van der Waals surface area contributed by atoms with Crippen LogP contribution in [-0.4, -0.2) is 0 Å². The van der Waals surface area contributed by atoms with E-state index in [-0.39, 0.29) is 0 Å². The van der Waals surface area contributed by atoms with Crippen molar-refractivity contribution in [2.45, 2.75) is 26.9 Å². The molecule has 0 saturated carbocycles. The molecule has 0 unspecified atom stereocenters. The van der Waals surface area contributed by atoms with Gasteiger partial charge in [0.05, 0.1) is 0 Å². The van der Waals surface area contributed by atoms with E-state index in [4.69, 9.17) is 4.74 Å². The number of hydrogen-bond acceptors (Lipinski definition) is 1. The second-order valence-corrected chi connectivity index (χ2v) is 7.20. The van der Waals surface area contributed by atoms with E-state index in [0.717, 1.165) is 17.7 Å². The molecule has 1 aliphatic carbocycles. The van der Waals surface area contributed by atoms with Crippen LogP contribution >= 0.6 is 0 Å². The molecule has 0 radical (unpaired) electrons. The molecule has 0 fully saturated rings. The first kappa shape index (κ1) is 20.4. The molecule has 1 heteroatoms. The first-order valence-electron chi connectivity index (χ1n) is 9.98. The molecule has 0 aliphatic heterocycles. The Labute approximate surface area is 174 Å². The van der Waals surface area contributed by atoms with Gasteiger partial charge in [0.25, 0.3) is 0 Å². The SMILES string of the molecule is C=C(OCc1ccccc1C)c1cccc2ccccc12.CC1=CC=CC=CC1. The molecule has 1 aliphatic rings. The van der Waals surface area contributed by atoms with Crippen LogP contribution in [-0.2, 0) is 11.3 Å². The van der Waals surface area contributed by atoms with E-state index >= 15 is 0 Å². The third-order valence-electron chi connectivity index (χ3n) is 4.93. The Morgan fingerprint density at radius 3 is 2.48 bits per heavy atom. The summed E-state index contributed by atoms with van der Waals surface area (Å²) in [4.78, 5) is 0. The Bertz CT molecular complexity index is 1060. The molecule has 0 N–H and O–H groups in total. The number of aryl methyl sites for hydroxylation is 1. The van der Waals surface area contributed by atoms with E-state index in [9.17, 15) is 0 Å². The van der Waals surface area contributed by atoms with Gasteiger partial charge >= 0.3 is 0 Å². The van der Waals surface area contributed by atoms with Crippen LogP contribution in [0.1, 0.15) is 30.0 Å². The van der Waals surface area contributed by atoms with E-state index in [1.807, 2.05) is 30.3 Å². The summed E-state index contributed by atoms with van der Waals surface area (Å²) in [6, 6.07) is 22.8. The van der Waals surface area contributed by atoms with Gasteiger partial charge in [0, 0.05) is 5.56 Å². The van der Waals surface area contributed by atoms with E-state index in [1.54, 1.807) is 0 Å². The van der Waals surface area contributed by atoms with Crippen molar-refractivity contribution in [1.82, 2.24) is 0 Å². The van der Waals surface area contributed by atoms with Crippen LogP contribution < -0.4 is 0 Å². The van der Waals surface area contributed by atoms with E-state index in [1.165, 1.54) is 27.5 Å². The molecular formula is C28H28O. The minimum Gasteiger partial charge on any atom is -0.489 e. The first-order chi connectivity index (χ1) is 14.1. The fourth-order valence-corrected chi connectivity index (χ4v) is 3.17. The Morgan fingerprint density at radius 2 is 1.62 bits per heavy atom. The molecule has 146 valence electrons. The molecule has 0 amide bonds. The molecule has 1 nitrogen and oxygen atoms in total. The maximum absolute atomic E-state index is 5.91. The predicted molar refractivity (Wildman–Crippen MR) is 126 cm³/mol. The largest absolute Gasteiger partial charge is 0.489 e. The van der Waals surface area contributed by atoms with E-state index in [0.29, 0.717) is 6.61 Å². The monoisotopic (exact) mass is 380 g/mol. The summed E-state index contributed by atoms with van der Waals surface area (Å²) in [5.74, 6) is 0.718. The molecule has 4 rings (SSSR count). The molecule has 0 atom stereocenters. The van der Waals surface area contributed by atoms with Gasteiger partial charge in [-0.1, -0.05) is 109 Å². The van der Waals surface area contributed by atoms with Gasteiger partial charge in [-0.3, -0.25) is 0 Å². The van der Waals surface area contributed by atoms with E-state index < -0.39 is 0 Å². The first-order valence-corrected chi connectivity index (χ1v) is 9.98. The summed E-state index contributed by atoms with van der Waals surface area (Å²) >= 11 is 0. The Balaban J connectivity index is 0.000000252. The normalized spacial score (nSPS) is 12.6. The van der Waals surface area contributed by atoms with Gasteiger partial charge in [0.1, 0.15) is 12.4 Å². The second kappa shape index (κ2) is 10.3. The third kappa shape index (κ3) is 5.83. The highest BCUT2D eigenvalue weighted by atomic mass is 16.5. The third-order valence-corrected chi connectivity index (χ3v) is 4.93. The number of ether oxygens (including phenoxy) is 1. The summed E-state index contributed by atoms with van der Waals surface area (Å²) in [7, 11) is 0. The smallest absolute Gasteiger partial charge is 0.120 e. The van der Waals surface area contributed by atoms with Crippen molar-refractivity contribution >= 4 is 16.5 Å². The summed E-state index contributed by atoms with van der Waals surface area (Å²) < 4.78 is 5.91. The Morgan fingerprint density at radius 1 is 0.862 bits per heavy atom. The quantitative estimate of drug-likeness (QED) is 0.420. The number of rotatable bonds is 4. The molecule has 0 bridgehead atoms. The fourth-order valence-electron chi connectivity index (χ4n) is 3.17. The summed E-state index contributed by atoms with van der Waals surface area (Å²) in [5, 5.41) is 2.38. The fraction of sp³-hybridized carbons (Fsp3) is 0.143. The highest BCUT2D eigenvalue weighted by Gasteiger charge is 2.06. The van der Waals surface area contributed by atoms with Crippen molar-refractivity contribution in [3.8, 4) is 0 Å².